The van der Waals surface area contributed by atoms with Crippen LogP contribution in [0.5, 0.6) is 0 Å². The van der Waals surface area contributed by atoms with Crippen molar-refractivity contribution in [3.63, 3.8) is 0 Å². The molecule has 3 aliphatic rings. The number of hydrogen-bond acceptors (Lipinski definition) is 0. The van der Waals surface area contributed by atoms with E-state index in [-0.39, 0.29) is 0 Å². The summed E-state index contributed by atoms with van der Waals surface area (Å²) in [4.78, 5) is 0. The highest BCUT2D eigenvalue weighted by molar-refractivity contribution is 6.80. The van der Waals surface area contributed by atoms with Gasteiger partial charge in [-0.3, -0.25) is 0 Å². The monoisotopic (exact) mass is 334 g/mol. The summed E-state index contributed by atoms with van der Waals surface area (Å²) in [6.07, 6.45) is 6.16. The minimum atomic E-state index is -1.17. The van der Waals surface area contributed by atoms with E-state index in [4.69, 9.17) is 0 Å². The molecule has 0 bridgehead atoms. The van der Waals surface area contributed by atoms with Crippen LogP contribution in [0.25, 0.3) is 0 Å². The Balaban J connectivity index is 1.97. The average molecular weight is 335 g/mol. The average Bonchev–Trinajstić information content (AvgIpc) is 3.12. The first-order valence-corrected chi connectivity index (χ1v) is 13.8. The second-order valence-electron chi connectivity index (χ2n) is 10.6. The SMILES string of the molecule is CC1C(C)C(C)C2C(C1C)C(C)[C@H](C)C2[Si](C)(C)C1CCCC1. The lowest BCUT2D eigenvalue weighted by Crippen LogP contribution is -2.48. The molecule has 3 rings (SSSR count). The van der Waals surface area contributed by atoms with Gasteiger partial charge in [0.1, 0.15) is 0 Å². The lowest BCUT2D eigenvalue weighted by Gasteiger charge is -2.51. The van der Waals surface area contributed by atoms with E-state index in [1.165, 1.54) is 12.8 Å². The largest absolute Gasteiger partial charge is 0.0689 e. The van der Waals surface area contributed by atoms with Crippen LogP contribution in [-0.4, -0.2) is 8.07 Å². The molecule has 0 heterocycles. The zero-order valence-electron chi connectivity index (χ0n) is 17.1. The summed E-state index contributed by atoms with van der Waals surface area (Å²) in [6.45, 7) is 21.2. The van der Waals surface area contributed by atoms with Gasteiger partial charge in [0.05, 0.1) is 8.07 Å². The Hall–Kier alpha value is 0.217. The summed E-state index contributed by atoms with van der Waals surface area (Å²) in [5, 5.41) is 0. The van der Waals surface area contributed by atoms with Crippen LogP contribution < -0.4 is 0 Å². The quantitative estimate of drug-likeness (QED) is 0.473. The van der Waals surface area contributed by atoms with Gasteiger partial charge in [0, 0.05) is 0 Å². The first-order valence-electron chi connectivity index (χ1n) is 10.7. The van der Waals surface area contributed by atoms with Crippen molar-refractivity contribution >= 4 is 8.07 Å². The van der Waals surface area contributed by atoms with E-state index in [9.17, 15) is 0 Å². The standard InChI is InChI=1S/C22H42Si/c1-13-14(2)16(4)21-20(15(13)3)17(5)18(6)22(21)23(7,8)19-11-9-10-12-19/h13-22H,9-12H2,1-8H3/t13?,14?,15?,16?,17?,18-,20?,21?,22?/m0/s1. The highest BCUT2D eigenvalue weighted by Crippen LogP contribution is 2.66. The summed E-state index contributed by atoms with van der Waals surface area (Å²) in [5.41, 5.74) is 2.20. The summed E-state index contributed by atoms with van der Waals surface area (Å²) in [6, 6.07) is 0. The van der Waals surface area contributed by atoms with Crippen molar-refractivity contribution in [1.82, 2.24) is 0 Å². The molecule has 8 unspecified atom stereocenters. The minimum Gasteiger partial charge on any atom is -0.0689 e. The highest BCUT2D eigenvalue weighted by atomic mass is 28.3. The number of rotatable bonds is 2. The molecule has 23 heavy (non-hydrogen) atoms. The van der Waals surface area contributed by atoms with Gasteiger partial charge in [-0.05, 0) is 58.4 Å². The van der Waals surface area contributed by atoms with Crippen molar-refractivity contribution in [1.29, 1.82) is 0 Å². The maximum absolute atomic E-state index is 2.79. The van der Waals surface area contributed by atoms with Crippen LogP contribution in [0.4, 0.5) is 0 Å². The fraction of sp³-hybridized carbons (Fsp3) is 1.00. The van der Waals surface area contributed by atoms with E-state index >= 15 is 0 Å². The van der Waals surface area contributed by atoms with Crippen LogP contribution >= 0.6 is 0 Å². The van der Waals surface area contributed by atoms with Crippen molar-refractivity contribution in [2.24, 2.45) is 47.3 Å². The third kappa shape index (κ3) is 2.59. The van der Waals surface area contributed by atoms with Crippen LogP contribution in [0, 0.1) is 47.3 Å². The molecule has 0 amide bonds. The topological polar surface area (TPSA) is 0 Å². The molecule has 3 aliphatic carbocycles. The maximum atomic E-state index is 2.79. The van der Waals surface area contributed by atoms with Crippen LogP contribution in [0.2, 0.25) is 24.2 Å². The van der Waals surface area contributed by atoms with E-state index < -0.39 is 8.07 Å². The van der Waals surface area contributed by atoms with Crippen LogP contribution in [0.3, 0.4) is 0 Å². The summed E-state index contributed by atoms with van der Waals surface area (Å²) >= 11 is 0. The van der Waals surface area contributed by atoms with Gasteiger partial charge in [-0.1, -0.05) is 80.3 Å². The second-order valence-corrected chi connectivity index (χ2v) is 15.8. The molecule has 9 atom stereocenters. The summed E-state index contributed by atoms with van der Waals surface area (Å²) < 4.78 is 0. The van der Waals surface area contributed by atoms with Crippen molar-refractivity contribution in [2.75, 3.05) is 0 Å². The van der Waals surface area contributed by atoms with Crippen molar-refractivity contribution in [2.45, 2.75) is 91.4 Å². The number of hydrogen-bond donors (Lipinski definition) is 0. The molecule has 0 aromatic heterocycles. The third-order valence-electron chi connectivity index (χ3n) is 9.83. The van der Waals surface area contributed by atoms with Crippen molar-refractivity contribution < 1.29 is 0 Å². The van der Waals surface area contributed by atoms with Crippen LogP contribution in [-0.2, 0) is 0 Å². The zero-order valence-corrected chi connectivity index (χ0v) is 18.1. The van der Waals surface area contributed by atoms with Gasteiger partial charge >= 0.3 is 0 Å². The smallest absolute Gasteiger partial charge is 0.0541 e. The van der Waals surface area contributed by atoms with E-state index in [2.05, 4.69) is 54.6 Å². The Morgan fingerprint density at radius 3 is 1.52 bits per heavy atom. The second kappa shape index (κ2) is 6.18. The van der Waals surface area contributed by atoms with Crippen LogP contribution in [0.15, 0.2) is 0 Å². The molecule has 0 saturated heterocycles. The van der Waals surface area contributed by atoms with E-state index in [1.54, 1.807) is 12.8 Å². The van der Waals surface area contributed by atoms with Gasteiger partial charge in [-0.2, -0.15) is 0 Å². The molecular formula is C22H42Si. The molecule has 3 fully saturated rings. The lowest BCUT2D eigenvalue weighted by atomic mass is 9.58. The fourth-order valence-electron chi connectivity index (χ4n) is 7.90. The van der Waals surface area contributed by atoms with Gasteiger partial charge in [0.15, 0.2) is 0 Å². The predicted molar refractivity (Wildman–Crippen MR) is 105 cm³/mol. The molecule has 0 aromatic rings. The fourth-order valence-corrected chi connectivity index (χ4v) is 13.5. The molecule has 134 valence electrons. The van der Waals surface area contributed by atoms with Gasteiger partial charge in [-0.25, -0.2) is 0 Å². The van der Waals surface area contributed by atoms with Gasteiger partial charge in [-0.15, -0.1) is 0 Å². The predicted octanol–water partition coefficient (Wildman–Crippen LogP) is 7.09. The lowest BCUT2D eigenvalue weighted by molar-refractivity contribution is 0.0136. The Bertz CT molecular complexity index is 422. The normalized spacial score (nSPS) is 51.9. The summed E-state index contributed by atoms with van der Waals surface area (Å²) in [5.74, 6) is 7.66. The maximum Gasteiger partial charge on any atom is 0.0541 e. The first-order chi connectivity index (χ1) is 10.7. The Morgan fingerprint density at radius 1 is 0.565 bits per heavy atom. The van der Waals surface area contributed by atoms with Crippen LogP contribution in [0.1, 0.15) is 67.2 Å². The first kappa shape index (κ1) is 18.0. The number of fused-ring (bicyclic) bond motifs is 1. The van der Waals surface area contributed by atoms with E-state index in [1.807, 2.05) is 0 Å². The molecule has 1 heteroatoms. The van der Waals surface area contributed by atoms with Crippen molar-refractivity contribution in [3.05, 3.63) is 0 Å². The highest BCUT2D eigenvalue weighted by Gasteiger charge is 2.60. The van der Waals surface area contributed by atoms with Gasteiger partial charge in [0.25, 0.3) is 0 Å². The Morgan fingerprint density at radius 2 is 1.00 bits per heavy atom. The van der Waals surface area contributed by atoms with Gasteiger partial charge < -0.3 is 0 Å². The third-order valence-corrected chi connectivity index (χ3v) is 15.1. The minimum absolute atomic E-state index is 0.913. The molecule has 0 radical (unpaired) electrons. The molecular weight excluding hydrogens is 292 g/mol. The molecule has 0 nitrogen and oxygen atoms in total. The summed E-state index contributed by atoms with van der Waals surface area (Å²) in [7, 11) is -1.17. The molecule has 0 spiro atoms. The zero-order chi connectivity index (χ0) is 17.1. The Kier molecular flexibility index (Phi) is 4.84. The molecule has 3 saturated carbocycles. The molecule has 0 N–H and O–H groups in total. The molecule has 0 aromatic carbocycles. The van der Waals surface area contributed by atoms with E-state index in [0.717, 1.165) is 58.4 Å². The van der Waals surface area contributed by atoms with Gasteiger partial charge in [0.2, 0.25) is 0 Å². The van der Waals surface area contributed by atoms with E-state index in [0.29, 0.717) is 0 Å². The van der Waals surface area contributed by atoms with Crippen molar-refractivity contribution in [3.8, 4) is 0 Å². The molecule has 0 aliphatic heterocycles. The Labute approximate surface area is 147 Å².